The lowest BCUT2D eigenvalue weighted by atomic mass is 10.2. The normalized spacial score (nSPS) is 10.8. The van der Waals surface area contributed by atoms with Crippen LogP contribution in [0.25, 0.3) is 10.9 Å². The molecule has 0 N–H and O–H groups in total. The van der Waals surface area contributed by atoms with Gasteiger partial charge in [0.05, 0.1) is 23.8 Å². The highest BCUT2D eigenvalue weighted by molar-refractivity contribution is 9.10. The van der Waals surface area contributed by atoms with Crippen LogP contribution in [-0.4, -0.2) is 16.2 Å². The van der Waals surface area contributed by atoms with Crippen LogP contribution >= 0.6 is 27.5 Å². The van der Waals surface area contributed by atoms with E-state index in [1.165, 1.54) is 10.9 Å². The quantitative estimate of drug-likeness (QED) is 0.691. The van der Waals surface area contributed by atoms with Crippen molar-refractivity contribution >= 4 is 38.4 Å². The molecule has 2 aromatic carbocycles. The molecule has 1 aromatic heterocycles. The number of ether oxygens (including phenoxy) is 1. The van der Waals surface area contributed by atoms with Gasteiger partial charge in [-0.05, 0) is 42.5 Å². The third-order valence-electron chi connectivity index (χ3n) is 3.20. The second-order valence-electron chi connectivity index (χ2n) is 4.71. The Hall–Kier alpha value is -1.85. The van der Waals surface area contributed by atoms with Crippen LogP contribution in [0, 0.1) is 0 Å². The number of rotatable bonds is 4. The van der Waals surface area contributed by atoms with Gasteiger partial charge in [-0.3, -0.25) is 9.36 Å². The fraction of sp³-hybridized carbons (Fsp3) is 0.125. The zero-order valence-corrected chi connectivity index (χ0v) is 13.8. The molecule has 3 aromatic rings. The average Bonchev–Trinajstić information content (AvgIpc) is 2.52. The highest BCUT2D eigenvalue weighted by atomic mass is 79.9. The minimum absolute atomic E-state index is 0.119. The molecule has 1 heterocycles. The predicted octanol–water partition coefficient (Wildman–Crippen LogP) is 3.89. The minimum Gasteiger partial charge on any atom is -0.492 e. The van der Waals surface area contributed by atoms with E-state index in [0.717, 1.165) is 10.2 Å². The summed E-state index contributed by atoms with van der Waals surface area (Å²) in [6.45, 7) is 0.805. The first-order valence-corrected chi connectivity index (χ1v) is 7.84. The third-order valence-corrected chi connectivity index (χ3v) is 3.96. The van der Waals surface area contributed by atoms with Gasteiger partial charge in [0.2, 0.25) is 0 Å². The first-order chi connectivity index (χ1) is 10.6. The molecule has 0 spiro atoms. The summed E-state index contributed by atoms with van der Waals surface area (Å²) in [5, 5.41) is 1.04. The molecule has 0 amide bonds. The minimum atomic E-state index is -0.119. The topological polar surface area (TPSA) is 44.1 Å². The summed E-state index contributed by atoms with van der Waals surface area (Å²) in [6.07, 6.45) is 1.53. The van der Waals surface area contributed by atoms with Gasteiger partial charge in [-0.1, -0.05) is 27.5 Å². The van der Waals surface area contributed by atoms with Gasteiger partial charge >= 0.3 is 0 Å². The molecule has 0 saturated carbocycles. The van der Waals surface area contributed by atoms with E-state index in [9.17, 15) is 4.79 Å². The largest absolute Gasteiger partial charge is 0.492 e. The van der Waals surface area contributed by atoms with Gasteiger partial charge < -0.3 is 4.74 Å². The predicted molar refractivity (Wildman–Crippen MR) is 90.7 cm³/mol. The zero-order chi connectivity index (χ0) is 15.5. The van der Waals surface area contributed by atoms with Crippen LogP contribution in [0.3, 0.4) is 0 Å². The van der Waals surface area contributed by atoms with E-state index in [4.69, 9.17) is 16.3 Å². The van der Waals surface area contributed by atoms with Gasteiger partial charge in [-0.25, -0.2) is 4.98 Å². The van der Waals surface area contributed by atoms with Gasteiger partial charge in [0, 0.05) is 9.50 Å². The lowest BCUT2D eigenvalue weighted by Gasteiger charge is -2.09. The second-order valence-corrected chi connectivity index (χ2v) is 6.06. The molecule has 0 aliphatic carbocycles. The molecule has 0 atom stereocenters. The first kappa shape index (κ1) is 15.1. The molecule has 6 heteroatoms. The maximum absolute atomic E-state index is 12.4. The van der Waals surface area contributed by atoms with Crippen LogP contribution in [-0.2, 0) is 6.54 Å². The molecular formula is C16H12BrClN2O2. The van der Waals surface area contributed by atoms with Gasteiger partial charge in [-0.2, -0.15) is 0 Å². The van der Waals surface area contributed by atoms with Crippen molar-refractivity contribution in [2.45, 2.75) is 6.54 Å². The SMILES string of the molecule is O=c1c2cc(Cl)ccc2ncn1CCOc1ccc(Br)cc1. The average molecular weight is 380 g/mol. The Kier molecular flexibility index (Phi) is 4.45. The fourth-order valence-electron chi connectivity index (χ4n) is 2.08. The molecule has 4 nitrogen and oxygen atoms in total. The van der Waals surface area contributed by atoms with Crippen molar-refractivity contribution in [3.63, 3.8) is 0 Å². The van der Waals surface area contributed by atoms with Crippen molar-refractivity contribution in [3.8, 4) is 5.75 Å². The van der Waals surface area contributed by atoms with Gasteiger partial charge in [-0.15, -0.1) is 0 Å². The molecule has 0 unspecified atom stereocenters. The fourth-order valence-corrected chi connectivity index (χ4v) is 2.52. The highest BCUT2D eigenvalue weighted by Gasteiger charge is 2.05. The van der Waals surface area contributed by atoms with Gasteiger partial charge in [0.15, 0.2) is 0 Å². The van der Waals surface area contributed by atoms with E-state index in [0.29, 0.717) is 29.1 Å². The molecule has 0 aliphatic heterocycles. The van der Waals surface area contributed by atoms with Crippen LogP contribution in [0.1, 0.15) is 0 Å². The number of fused-ring (bicyclic) bond motifs is 1. The Morgan fingerprint density at radius 1 is 1.18 bits per heavy atom. The number of halogens is 2. The second kappa shape index (κ2) is 6.50. The lowest BCUT2D eigenvalue weighted by Crippen LogP contribution is -2.23. The van der Waals surface area contributed by atoms with E-state index in [1.807, 2.05) is 24.3 Å². The molecule has 0 saturated heterocycles. The van der Waals surface area contributed by atoms with E-state index >= 15 is 0 Å². The highest BCUT2D eigenvalue weighted by Crippen LogP contribution is 2.16. The van der Waals surface area contributed by atoms with Crippen LogP contribution in [0.5, 0.6) is 5.75 Å². The number of hydrogen-bond acceptors (Lipinski definition) is 3. The Balaban J connectivity index is 1.75. The van der Waals surface area contributed by atoms with Crippen LogP contribution in [0.4, 0.5) is 0 Å². The van der Waals surface area contributed by atoms with Crippen LogP contribution in [0.15, 0.2) is 58.1 Å². The maximum Gasteiger partial charge on any atom is 0.261 e. The molecule has 0 radical (unpaired) electrons. The van der Waals surface area contributed by atoms with Crippen molar-refractivity contribution in [3.05, 3.63) is 68.6 Å². The number of hydrogen-bond donors (Lipinski definition) is 0. The smallest absolute Gasteiger partial charge is 0.261 e. The summed E-state index contributed by atoms with van der Waals surface area (Å²) in [5.41, 5.74) is 0.520. The van der Waals surface area contributed by atoms with Crippen molar-refractivity contribution in [2.24, 2.45) is 0 Å². The number of nitrogens with zero attached hydrogens (tertiary/aromatic N) is 2. The lowest BCUT2D eigenvalue weighted by molar-refractivity contribution is 0.296. The Morgan fingerprint density at radius 3 is 2.73 bits per heavy atom. The zero-order valence-electron chi connectivity index (χ0n) is 11.5. The molecule has 112 valence electrons. The summed E-state index contributed by atoms with van der Waals surface area (Å²) in [4.78, 5) is 16.6. The molecule has 0 fully saturated rings. The molecule has 0 aliphatic rings. The van der Waals surface area contributed by atoms with Gasteiger partial charge in [0.25, 0.3) is 5.56 Å². The maximum atomic E-state index is 12.4. The van der Waals surface area contributed by atoms with Crippen LogP contribution < -0.4 is 10.3 Å². The number of aromatic nitrogens is 2. The van der Waals surface area contributed by atoms with Crippen LogP contribution in [0.2, 0.25) is 5.02 Å². The molecule has 3 rings (SSSR count). The van der Waals surface area contributed by atoms with E-state index < -0.39 is 0 Å². The van der Waals surface area contributed by atoms with Crippen molar-refractivity contribution in [1.82, 2.24) is 9.55 Å². The Labute approximate surface area is 140 Å². The van der Waals surface area contributed by atoms with Crippen molar-refractivity contribution in [1.29, 1.82) is 0 Å². The van der Waals surface area contributed by atoms with E-state index in [-0.39, 0.29) is 5.56 Å². The monoisotopic (exact) mass is 378 g/mol. The summed E-state index contributed by atoms with van der Waals surface area (Å²) in [6, 6.07) is 12.6. The van der Waals surface area contributed by atoms with Crippen molar-refractivity contribution < 1.29 is 4.74 Å². The van der Waals surface area contributed by atoms with E-state index in [1.54, 1.807) is 18.2 Å². The summed E-state index contributed by atoms with van der Waals surface area (Å²) in [5.74, 6) is 0.757. The standard InChI is InChI=1S/C16H12BrClN2O2/c17-11-1-4-13(5-2-11)22-8-7-20-10-19-15-6-3-12(18)9-14(15)16(20)21/h1-6,9-10H,7-8H2. The Morgan fingerprint density at radius 2 is 1.95 bits per heavy atom. The molecule has 22 heavy (non-hydrogen) atoms. The number of benzene rings is 2. The van der Waals surface area contributed by atoms with E-state index in [2.05, 4.69) is 20.9 Å². The molecule has 0 bridgehead atoms. The Bertz CT molecular complexity index is 862. The van der Waals surface area contributed by atoms with Crippen molar-refractivity contribution in [2.75, 3.05) is 6.61 Å². The summed E-state index contributed by atoms with van der Waals surface area (Å²) in [7, 11) is 0. The van der Waals surface area contributed by atoms with Gasteiger partial charge in [0.1, 0.15) is 12.4 Å². The summed E-state index contributed by atoms with van der Waals surface area (Å²) >= 11 is 9.30. The third kappa shape index (κ3) is 3.31. The summed E-state index contributed by atoms with van der Waals surface area (Å²) < 4.78 is 8.14. The first-order valence-electron chi connectivity index (χ1n) is 6.66. The molecular weight excluding hydrogens is 368 g/mol.